The Morgan fingerprint density at radius 3 is 2.71 bits per heavy atom. The Kier molecular flexibility index (Phi) is 4.23. The summed E-state index contributed by atoms with van der Waals surface area (Å²) in [6.07, 6.45) is 0.199. The van der Waals surface area contributed by atoms with Crippen LogP contribution >= 0.6 is 11.6 Å². The summed E-state index contributed by atoms with van der Waals surface area (Å²) in [5.74, 6) is -0.862. The van der Waals surface area contributed by atoms with Gasteiger partial charge >= 0.3 is 0 Å². The van der Waals surface area contributed by atoms with Crippen molar-refractivity contribution in [2.45, 2.75) is 45.3 Å². The molecular formula is C15H18ClFN2O2. The number of benzene rings is 1. The largest absolute Gasteiger partial charge is 0.342 e. The molecule has 6 heteroatoms. The second-order valence-electron chi connectivity index (χ2n) is 5.90. The van der Waals surface area contributed by atoms with Gasteiger partial charge in [0.15, 0.2) is 0 Å². The summed E-state index contributed by atoms with van der Waals surface area (Å²) in [6, 6.07) is 4.07. The first-order chi connectivity index (χ1) is 9.70. The monoisotopic (exact) mass is 312 g/mol. The molecule has 1 fully saturated rings. The van der Waals surface area contributed by atoms with E-state index in [1.807, 2.05) is 0 Å². The van der Waals surface area contributed by atoms with Gasteiger partial charge in [-0.15, -0.1) is 0 Å². The Morgan fingerprint density at radius 2 is 2.10 bits per heavy atom. The van der Waals surface area contributed by atoms with Crippen LogP contribution in [0.4, 0.5) is 4.39 Å². The second-order valence-corrected chi connectivity index (χ2v) is 6.33. The summed E-state index contributed by atoms with van der Waals surface area (Å²) in [6.45, 7) is 5.20. The van der Waals surface area contributed by atoms with E-state index in [0.29, 0.717) is 10.6 Å². The smallest absolute Gasteiger partial charge is 0.248 e. The zero-order valence-corrected chi connectivity index (χ0v) is 13.0. The molecule has 1 saturated heterocycles. The fourth-order valence-corrected chi connectivity index (χ4v) is 2.61. The number of hydrogen-bond donors (Lipinski definition) is 1. The SMILES string of the molecule is CC1CC(=O)NC(C)(C)C(=O)N1Cc1ccc(Cl)cc1F. The van der Waals surface area contributed by atoms with E-state index >= 15 is 0 Å². The summed E-state index contributed by atoms with van der Waals surface area (Å²) >= 11 is 5.73. The van der Waals surface area contributed by atoms with E-state index in [4.69, 9.17) is 11.6 Å². The topological polar surface area (TPSA) is 49.4 Å². The van der Waals surface area contributed by atoms with E-state index in [1.165, 1.54) is 11.0 Å². The maximum Gasteiger partial charge on any atom is 0.248 e. The van der Waals surface area contributed by atoms with Crippen molar-refractivity contribution in [3.05, 3.63) is 34.6 Å². The van der Waals surface area contributed by atoms with Gasteiger partial charge in [-0.1, -0.05) is 17.7 Å². The lowest BCUT2D eigenvalue weighted by Gasteiger charge is -2.32. The van der Waals surface area contributed by atoms with Gasteiger partial charge in [0.2, 0.25) is 11.8 Å². The average molecular weight is 313 g/mol. The van der Waals surface area contributed by atoms with E-state index in [9.17, 15) is 14.0 Å². The highest BCUT2D eigenvalue weighted by Gasteiger charge is 2.39. The standard InChI is InChI=1S/C15H18ClFN2O2/c1-9-6-13(20)18-15(2,3)14(21)19(9)8-10-4-5-11(16)7-12(10)17/h4-5,7,9H,6,8H2,1-3H3,(H,18,20). The molecule has 0 bridgehead atoms. The maximum atomic E-state index is 13.9. The number of nitrogens with zero attached hydrogens (tertiary/aromatic N) is 1. The third kappa shape index (κ3) is 3.35. The average Bonchev–Trinajstić information content (AvgIpc) is 2.41. The molecule has 1 N–H and O–H groups in total. The molecule has 0 saturated carbocycles. The van der Waals surface area contributed by atoms with Gasteiger partial charge in [-0.25, -0.2) is 4.39 Å². The van der Waals surface area contributed by atoms with Crippen LogP contribution in [-0.4, -0.2) is 28.3 Å². The highest BCUT2D eigenvalue weighted by atomic mass is 35.5. The van der Waals surface area contributed by atoms with Gasteiger partial charge in [-0.2, -0.15) is 0 Å². The summed E-state index contributed by atoms with van der Waals surface area (Å²) in [4.78, 5) is 25.9. The van der Waals surface area contributed by atoms with Crippen LogP contribution in [0.25, 0.3) is 0 Å². The van der Waals surface area contributed by atoms with Gasteiger partial charge in [0.1, 0.15) is 11.4 Å². The predicted octanol–water partition coefficient (Wildman–Crippen LogP) is 2.49. The molecule has 2 rings (SSSR count). The van der Waals surface area contributed by atoms with Crippen LogP contribution in [0.1, 0.15) is 32.8 Å². The minimum atomic E-state index is -0.995. The number of nitrogens with one attached hydrogen (secondary N) is 1. The van der Waals surface area contributed by atoms with E-state index in [1.54, 1.807) is 32.9 Å². The Balaban J connectivity index is 2.31. The van der Waals surface area contributed by atoms with Crippen molar-refractivity contribution in [1.82, 2.24) is 10.2 Å². The van der Waals surface area contributed by atoms with E-state index in [0.717, 1.165) is 0 Å². The van der Waals surface area contributed by atoms with Crippen molar-refractivity contribution in [2.75, 3.05) is 0 Å². The fourth-order valence-electron chi connectivity index (χ4n) is 2.45. The molecule has 1 aromatic carbocycles. The molecule has 2 amide bonds. The van der Waals surface area contributed by atoms with E-state index < -0.39 is 11.4 Å². The minimum absolute atomic E-state index is 0.112. The zero-order valence-electron chi connectivity index (χ0n) is 12.2. The van der Waals surface area contributed by atoms with Gasteiger partial charge in [0.25, 0.3) is 0 Å². The van der Waals surface area contributed by atoms with Crippen molar-refractivity contribution in [1.29, 1.82) is 0 Å². The minimum Gasteiger partial charge on any atom is -0.342 e. The highest BCUT2D eigenvalue weighted by molar-refractivity contribution is 6.30. The maximum absolute atomic E-state index is 13.9. The molecule has 21 heavy (non-hydrogen) atoms. The summed E-state index contributed by atoms with van der Waals surface area (Å²) in [5, 5.41) is 3.00. The molecule has 0 aromatic heterocycles. The summed E-state index contributed by atoms with van der Waals surface area (Å²) in [5.41, 5.74) is -0.616. The summed E-state index contributed by atoms with van der Waals surface area (Å²) in [7, 11) is 0. The van der Waals surface area contributed by atoms with Crippen LogP contribution in [0.5, 0.6) is 0 Å². The van der Waals surface area contributed by atoms with Crippen LogP contribution in [0.3, 0.4) is 0 Å². The van der Waals surface area contributed by atoms with Crippen molar-refractivity contribution in [3.63, 3.8) is 0 Å². The first kappa shape index (κ1) is 15.8. The Labute approximate surface area is 128 Å². The molecule has 1 aliphatic heterocycles. The molecule has 1 unspecified atom stereocenters. The van der Waals surface area contributed by atoms with Gasteiger partial charge in [-0.05, 0) is 32.9 Å². The number of rotatable bonds is 2. The number of carbonyl (C=O) groups is 2. The second kappa shape index (κ2) is 5.64. The van der Waals surface area contributed by atoms with Crippen molar-refractivity contribution in [3.8, 4) is 0 Å². The van der Waals surface area contributed by atoms with Crippen LogP contribution in [0.2, 0.25) is 5.02 Å². The third-order valence-electron chi connectivity index (χ3n) is 3.62. The Bertz CT molecular complexity index is 589. The molecule has 1 atom stereocenters. The lowest BCUT2D eigenvalue weighted by Crippen LogP contribution is -2.53. The van der Waals surface area contributed by atoms with Crippen LogP contribution in [-0.2, 0) is 16.1 Å². The highest BCUT2D eigenvalue weighted by Crippen LogP contribution is 2.23. The molecule has 1 aliphatic rings. The predicted molar refractivity (Wildman–Crippen MR) is 78.3 cm³/mol. The molecule has 0 aliphatic carbocycles. The van der Waals surface area contributed by atoms with Crippen LogP contribution in [0.15, 0.2) is 18.2 Å². The molecule has 1 heterocycles. The van der Waals surface area contributed by atoms with Crippen LogP contribution < -0.4 is 5.32 Å². The molecule has 4 nitrogen and oxygen atoms in total. The third-order valence-corrected chi connectivity index (χ3v) is 3.85. The van der Waals surface area contributed by atoms with Crippen molar-refractivity contribution >= 4 is 23.4 Å². The lowest BCUT2D eigenvalue weighted by molar-refractivity contribution is -0.139. The number of halogens is 2. The fraction of sp³-hybridized carbons (Fsp3) is 0.467. The van der Waals surface area contributed by atoms with E-state index in [2.05, 4.69) is 5.32 Å². The first-order valence-corrected chi connectivity index (χ1v) is 7.14. The van der Waals surface area contributed by atoms with Crippen molar-refractivity contribution in [2.24, 2.45) is 0 Å². The Hall–Kier alpha value is -1.62. The van der Waals surface area contributed by atoms with Gasteiger partial charge in [-0.3, -0.25) is 9.59 Å². The lowest BCUT2D eigenvalue weighted by atomic mass is 10.0. The summed E-state index contributed by atoms with van der Waals surface area (Å²) < 4.78 is 13.9. The molecule has 1 aromatic rings. The molecule has 0 spiro atoms. The Morgan fingerprint density at radius 1 is 1.43 bits per heavy atom. The number of carbonyl (C=O) groups excluding carboxylic acids is 2. The normalized spacial score (nSPS) is 22.0. The van der Waals surface area contributed by atoms with E-state index in [-0.39, 0.29) is 30.8 Å². The zero-order chi connectivity index (χ0) is 15.8. The van der Waals surface area contributed by atoms with Gasteiger partial charge in [0.05, 0.1) is 0 Å². The van der Waals surface area contributed by atoms with Crippen molar-refractivity contribution < 1.29 is 14.0 Å². The quantitative estimate of drug-likeness (QED) is 0.912. The first-order valence-electron chi connectivity index (χ1n) is 6.76. The molecule has 114 valence electrons. The van der Waals surface area contributed by atoms with Gasteiger partial charge in [0, 0.05) is 29.6 Å². The van der Waals surface area contributed by atoms with Gasteiger partial charge < -0.3 is 10.2 Å². The molecular weight excluding hydrogens is 295 g/mol. The molecule has 0 radical (unpaired) electrons. The number of amides is 2. The van der Waals surface area contributed by atoms with Crippen LogP contribution in [0, 0.1) is 5.82 Å². The number of hydrogen-bond acceptors (Lipinski definition) is 2.